The minimum atomic E-state index is -0.839. The van der Waals surface area contributed by atoms with Crippen molar-refractivity contribution in [2.45, 2.75) is 6.92 Å². The van der Waals surface area contributed by atoms with Crippen LogP contribution in [0.4, 0.5) is 11.4 Å². The second-order valence-electron chi connectivity index (χ2n) is 5.45. The van der Waals surface area contributed by atoms with Crippen molar-refractivity contribution in [3.8, 4) is 11.8 Å². The molecule has 0 aliphatic carbocycles. The van der Waals surface area contributed by atoms with Gasteiger partial charge in [-0.1, -0.05) is 11.6 Å². The Morgan fingerprint density at radius 1 is 1.28 bits per heavy atom. The summed E-state index contributed by atoms with van der Waals surface area (Å²) in [6, 6.07) is 8.58. The third kappa shape index (κ3) is 5.87. The van der Waals surface area contributed by atoms with E-state index in [0.717, 1.165) is 6.07 Å². The molecule has 0 aliphatic rings. The Morgan fingerprint density at radius 2 is 1.90 bits per heavy atom. The van der Waals surface area contributed by atoms with Gasteiger partial charge in [-0.05, 0) is 67.8 Å². The van der Waals surface area contributed by atoms with Crippen LogP contribution in [-0.2, 0) is 9.59 Å². The van der Waals surface area contributed by atoms with E-state index in [0.29, 0.717) is 14.5 Å². The maximum Gasteiger partial charge on any atom is 0.308 e. The summed E-state index contributed by atoms with van der Waals surface area (Å²) < 4.78 is 5.89. The van der Waals surface area contributed by atoms with Gasteiger partial charge in [-0.15, -0.1) is 0 Å². The van der Waals surface area contributed by atoms with Gasteiger partial charge in [-0.3, -0.25) is 19.7 Å². The molecule has 1 amide bonds. The summed E-state index contributed by atoms with van der Waals surface area (Å²) in [5, 5.41) is 22.9. The third-order valence-electron chi connectivity index (χ3n) is 3.35. The SMILES string of the molecule is CC(=O)Oc1c(Br)cc(/C=C(\C#N)C(=O)Nc2ccc(Cl)cc2[N+](=O)[O-])cc1Br. The normalized spacial score (nSPS) is 10.8. The number of hydrogen-bond acceptors (Lipinski definition) is 6. The van der Waals surface area contributed by atoms with Crippen LogP contribution < -0.4 is 10.1 Å². The van der Waals surface area contributed by atoms with E-state index >= 15 is 0 Å². The van der Waals surface area contributed by atoms with E-state index in [-0.39, 0.29) is 22.0 Å². The summed E-state index contributed by atoms with van der Waals surface area (Å²) in [5.41, 5.74) is -0.359. The zero-order chi connectivity index (χ0) is 21.7. The Balaban J connectivity index is 2.36. The second kappa shape index (κ2) is 9.65. The fourth-order valence-corrected chi connectivity index (χ4v) is 3.72. The Kier molecular flexibility index (Phi) is 7.50. The first kappa shape index (κ1) is 22.5. The van der Waals surface area contributed by atoms with Gasteiger partial charge in [0.05, 0.1) is 13.9 Å². The molecule has 2 rings (SSSR count). The van der Waals surface area contributed by atoms with Crippen LogP contribution in [0.3, 0.4) is 0 Å². The molecule has 148 valence electrons. The van der Waals surface area contributed by atoms with Gasteiger partial charge in [0, 0.05) is 18.0 Å². The Labute approximate surface area is 186 Å². The molecule has 0 aliphatic heterocycles. The molecule has 2 aromatic carbocycles. The number of amides is 1. The van der Waals surface area contributed by atoms with Gasteiger partial charge in [0.2, 0.25) is 0 Å². The number of nitrogens with one attached hydrogen (secondary N) is 1. The molecule has 0 radical (unpaired) electrons. The first-order valence-corrected chi connectivity index (χ1v) is 9.63. The van der Waals surface area contributed by atoms with Crippen LogP contribution in [-0.4, -0.2) is 16.8 Å². The number of nitriles is 1. The Hall–Kier alpha value is -2.74. The highest BCUT2D eigenvalue weighted by Gasteiger charge is 2.19. The fourth-order valence-electron chi connectivity index (χ4n) is 2.17. The molecule has 0 saturated heterocycles. The van der Waals surface area contributed by atoms with E-state index in [4.69, 9.17) is 16.3 Å². The first-order chi connectivity index (χ1) is 13.6. The molecular weight excluding hydrogens is 533 g/mol. The molecule has 0 bridgehead atoms. The molecule has 0 unspecified atom stereocenters. The number of rotatable bonds is 5. The van der Waals surface area contributed by atoms with Gasteiger partial charge in [0.15, 0.2) is 5.75 Å². The van der Waals surface area contributed by atoms with E-state index in [2.05, 4.69) is 37.2 Å². The van der Waals surface area contributed by atoms with Crippen LogP contribution >= 0.6 is 43.5 Å². The maximum absolute atomic E-state index is 12.4. The molecule has 0 atom stereocenters. The molecule has 1 N–H and O–H groups in total. The second-order valence-corrected chi connectivity index (χ2v) is 7.59. The lowest BCUT2D eigenvalue weighted by molar-refractivity contribution is -0.383. The van der Waals surface area contributed by atoms with Crippen molar-refractivity contribution >= 4 is 72.8 Å². The van der Waals surface area contributed by atoms with Crippen molar-refractivity contribution in [1.82, 2.24) is 0 Å². The maximum atomic E-state index is 12.4. The van der Waals surface area contributed by atoms with Crippen LogP contribution in [0.5, 0.6) is 5.75 Å². The molecule has 0 aromatic heterocycles. The first-order valence-electron chi connectivity index (χ1n) is 7.67. The quantitative estimate of drug-likeness (QED) is 0.137. The number of nitrogens with zero attached hydrogens (tertiary/aromatic N) is 2. The van der Waals surface area contributed by atoms with E-state index in [9.17, 15) is 25.0 Å². The molecular formula is C18H10Br2ClN3O5. The van der Waals surface area contributed by atoms with Crippen LogP contribution in [0.1, 0.15) is 12.5 Å². The summed E-state index contributed by atoms with van der Waals surface area (Å²) in [6.07, 6.45) is 1.28. The van der Waals surface area contributed by atoms with Gasteiger partial charge in [-0.2, -0.15) is 5.26 Å². The minimum absolute atomic E-state index is 0.0990. The summed E-state index contributed by atoms with van der Waals surface area (Å²) in [7, 11) is 0. The zero-order valence-corrected chi connectivity index (χ0v) is 18.5. The lowest BCUT2D eigenvalue weighted by Crippen LogP contribution is -2.14. The molecule has 2 aromatic rings. The van der Waals surface area contributed by atoms with Crippen molar-refractivity contribution < 1.29 is 19.2 Å². The molecule has 0 fully saturated rings. The highest BCUT2D eigenvalue weighted by Crippen LogP contribution is 2.35. The van der Waals surface area contributed by atoms with Crippen molar-refractivity contribution in [3.05, 3.63) is 65.6 Å². The summed E-state index contributed by atoms with van der Waals surface area (Å²) in [4.78, 5) is 34.0. The molecule has 0 heterocycles. The zero-order valence-electron chi connectivity index (χ0n) is 14.5. The monoisotopic (exact) mass is 541 g/mol. The predicted octanol–water partition coefficient (Wildman–Crippen LogP) is 5.24. The van der Waals surface area contributed by atoms with Crippen LogP contribution in [0.2, 0.25) is 5.02 Å². The third-order valence-corrected chi connectivity index (χ3v) is 4.76. The Bertz CT molecular complexity index is 1070. The highest BCUT2D eigenvalue weighted by atomic mass is 79.9. The number of esters is 1. The van der Waals surface area contributed by atoms with E-state index in [1.807, 2.05) is 0 Å². The Morgan fingerprint density at radius 3 is 2.41 bits per heavy atom. The number of halogens is 3. The molecule has 0 saturated carbocycles. The number of ether oxygens (including phenoxy) is 1. The lowest BCUT2D eigenvalue weighted by atomic mass is 10.1. The fraction of sp³-hybridized carbons (Fsp3) is 0.0556. The molecule has 0 spiro atoms. The number of benzene rings is 2. The minimum Gasteiger partial charge on any atom is -0.424 e. The van der Waals surface area contributed by atoms with Gasteiger partial charge >= 0.3 is 5.97 Å². The summed E-state index contributed by atoms with van der Waals surface area (Å²) >= 11 is 12.3. The number of carbonyl (C=O) groups is 2. The van der Waals surface area contributed by atoms with Gasteiger partial charge in [0.1, 0.15) is 17.3 Å². The summed E-state index contributed by atoms with van der Waals surface area (Å²) in [6.45, 7) is 1.25. The van der Waals surface area contributed by atoms with Crippen LogP contribution in [0.25, 0.3) is 6.08 Å². The van der Waals surface area contributed by atoms with Gasteiger partial charge in [0.25, 0.3) is 11.6 Å². The smallest absolute Gasteiger partial charge is 0.308 e. The number of anilines is 1. The predicted molar refractivity (Wildman–Crippen MR) is 113 cm³/mol. The molecule has 11 heteroatoms. The number of carbonyl (C=O) groups excluding carboxylic acids is 2. The standard InChI is InChI=1S/C18H10Br2ClN3O5/c1-9(25)29-17-13(19)5-10(6-14(17)20)4-11(8-22)18(26)23-15-3-2-12(21)7-16(15)24(27)28/h2-7H,1H3,(H,23,26)/b11-4+. The highest BCUT2D eigenvalue weighted by molar-refractivity contribution is 9.11. The van der Waals surface area contributed by atoms with Gasteiger partial charge < -0.3 is 10.1 Å². The van der Waals surface area contributed by atoms with Crippen molar-refractivity contribution in [2.75, 3.05) is 5.32 Å². The van der Waals surface area contributed by atoms with Crippen molar-refractivity contribution in [2.24, 2.45) is 0 Å². The van der Waals surface area contributed by atoms with E-state index < -0.39 is 22.5 Å². The number of hydrogen-bond donors (Lipinski definition) is 1. The van der Waals surface area contributed by atoms with Crippen LogP contribution in [0, 0.1) is 21.4 Å². The number of nitro groups is 1. The number of nitro benzene ring substituents is 1. The molecule has 8 nitrogen and oxygen atoms in total. The van der Waals surface area contributed by atoms with Crippen molar-refractivity contribution in [3.63, 3.8) is 0 Å². The van der Waals surface area contributed by atoms with E-state index in [1.165, 1.54) is 25.1 Å². The van der Waals surface area contributed by atoms with Gasteiger partial charge in [-0.25, -0.2) is 0 Å². The topological polar surface area (TPSA) is 122 Å². The van der Waals surface area contributed by atoms with E-state index in [1.54, 1.807) is 18.2 Å². The molecule has 29 heavy (non-hydrogen) atoms. The average Bonchev–Trinajstić information content (AvgIpc) is 2.63. The van der Waals surface area contributed by atoms with Crippen LogP contribution in [0.15, 0.2) is 44.9 Å². The van der Waals surface area contributed by atoms with Crippen molar-refractivity contribution in [1.29, 1.82) is 5.26 Å². The lowest BCUT2D eigenvalue weighted by Gasteiger charge is -2.09. The average molecular weight is 544 g/mol. The summed E-state index contributed by atoms with van der Waals surface area (Å²) in [5.74, 6) is -1.11. The largest absolute Gasteiger partial charge is 0.424 e.